The van der Waals surface area contributed by atoms with E-state index >= 15 is 0 Å². The van der Waals surface area contributed by atoms with E-state index in [1.165, 1.54) is 26.4 Å². The van der Waals surface area contributed by atoms with Crippen LogP contribution in [0.25, 0.3) is 6.08 Å². The molecule has 0 heterocycles. The van der Waals surface area contributed by atoms with Crippen molar-refractivity contribution in [2.45, 2.75) is 0 Å². The van der Waals surface area contributed by atoms with Gasteiger partial charge >= 0.3 is 0 Å². The standard InChI is InChI=1S/C11H13F2NO2/c1-15-8-6-7(4-3-5-14)9(12)11(16-2)10(8)13/h3-4,6H,5,14H2,1-2H3/b4-3+. The molecule has 0 aliphatic rings. The smallest absolute Gasteiger partial charge is 0.209 e. The van der Waals surface area contributed by atoms with Crippen LogP contribution in [0.4, 0.5) is 8.78 Å². The van der Waals surface area contributed by atoms with Crippen molar-refractivity contribution in [3.63, 3.8) is 0 Å². The predicted octanol–water partition coefficient (Wildman–Crippen LogP) is 1.95. The van der Waals surface area contributed by atoms with Crippen LogP contribution in [0.2, 0.25) is 0 Å². The first-order chi connectivity index (χ1) is 7.65. The first kappa shape index (κ1) is 12.4. The summed E-state index contributed by atoms with van der Waals surface area (Å²) in [6.07, 6.45) is 3.00. The van der Waals surface area contributed by atoms with Crippen LogP contribution < -0.4 is 15.2 Å². The lowest BCUT2D eigenvalue weighted by Crippen LogP contribution is -1.99. The van der Waals surface area contributed by atoms with Gasteiger partial charge in [0.05, 0.1) is 14.2 Å². The highest BCUT2D eigenvalue weighted by Crippen LogP contribution is 2.32. The molecule has 0 atom stereocenters. The topological polar surface area (TPSA) is 44.5 Å². The van der Waals surface area contributed by atoms with Crippen molar-refractivity contribution >= 4 is 6.08 Å². The van der Waals surface area contributed by atoms with Crippen LogP contribution in [-0.4, -0.2) is 20.8 Å². The van der Waals surface area contributed by atoms with Gasteiger partial charge in [0.2, 0.25) is 5.82 Å². The maximum Gasteiger partial charge on any atom is 0.209 e. The number of hydrogen-bond acceptors (Lipinski definition) is 3. The molecule has 0 unspecified atom stereocenters. The monoisotopic (exact) mass is 229 g/mol. The van der Waals surface area contributed by atoms with Crippen molar-refractivity contribution in [2.75, 3.05) is 20.8 Å². The van der Waals surface area contributed by atoms with Gasteiger partial charge in [-0.15, -0.1) is 0 Å². The van der Waals surface area contributed by atoms with Gasteiger partial charge in [-0.05, 0) is 6.07 Å². The van der Waals surface area contributed by atoms with Crippen LogP contribution in [0, 0.1) is 11.6 Å². The number of benzene rings is 1. The third kappa shape index (κ3) is 2.30. The highest BCUT2D eigenvalue weighted by atomic mass is 19.1. The second-order valence-corrected chi connectivity index (χ2v) is 2.97. The van der Waals surface area contributed by atoms with Crippen molar-refractivity contribution in [1.82, 2.24) is 0 Å². The maximum absolute atomic E-state index is 13.7. The molecule has 3 nitrogen and oxygen atoms in total. The summed E-state index contributed by atoms with van der Waals surface area (Å²) in [4.78, 5) is 0. The molecule has 5 heteroatoms. The third-order valence-corrected chi connectivity index (χ3v) is 2.01. The lowest BCUT2D eigenvalue weighted by molar-refractivity contribution is 0.333. The van der Waals surface area contributed by atoms with E-state index < -0.39 is 17.4 Å². The Morgan fingerprint density at radius 3 is 2.44 bits per heavy atom. The Labute approximate surface area is 92.5 Å². The molecule has 0 saturated heterocycles. The minimum absolute atomic E-state index is 0.0741. The van der Waals surface area contributed by atoms with E-state index in [0.717, 1.165) is 0 Å². The molecule has 0 fully saturated rings. The average Bonchev–Trinajstić information content (AvgIpc) is 2.29. The van der Waals surface area contributed by atoms with Crippen LogP contribution in [-0.2, 0) is 0 Å². The normalized spacial score (nSPS) is 10.8. The fourth-order valence-corrected chi connectivity index (χ4v) is 1.25. The molecule has 0 aromatic heterocycles. The Balaban J connectivity index is 3.34. The van der Waals surface area contributed by atoms with Gasteiger partial charge < -0.3 is 15.2 Å². The fourth-order valence-electron chi connectivity index (χ4n) is 1.25. The van der Waals surface area contributed by atoms with Gasteiger partial charge in [-0.1, -0.05) is 12.2 Å². The summed E-state index contributed by atoms with van der Waals surface area (Å²) in [5, 5.41) is 0. The average molecular weight is 229 g/mol. The van der Waals surface area contributed by atoms with E-state index in [-0.39, 0.29) is 17.9 Å². The zero-order valence-corrected chi connectivity index (χ0v) is 9.09. The molecule has 0 saturated carbocycles. The summed E-state index contributed by atoms with van der Waals surface area (Å²) in [7, 11) is 2.49. The van der Waals surface area contributed by atoms with Crippen LogP contribution in [0.15, 0.2) is 12.1 Å². The second kappa shape index (κ2) is 5.46. The van der Waals surface area contributed by atoms with E-state index in [2.05, 4.69) is 4.74 Å². The van der Waals surface area contributed by atoms with Crippen molar-refractivity contribution in [1.29, 1.82) is 0 Å². The number of halogens is 2. The largest absolute Gasteiger partial charge is 0.494 e. The first-order valence-electron chi connectivity index (χ1n) is 4.62. The van der Waals surface area contributed by atoms with E-state index in [0.29, 0.717) is 0 Å². The maximum atomic E-state index is 13.7. The van der Waals surface area contributed by atoms with Gasteiger partial charge in [0.15, 0.2) is 17.3 Å². The van der Waals surface area contributed by atoms with Gasteiger partial charge in [-0.3, -0.25) is 0 Å². The van der Waals surface area contributed by atoms with Crippen LogP contribution >= 0.6 is 0 Å². The molecule has 0 radical (unpaired) electrons. The van der Waals surface area contributed by atoms with E-state index in [1.807, 2.05) is 0 Å². The molecule has 1 aromatic rings. The SMILES string of the molecule is COc1cc(/C=C/CN)c(F)c(OC)c1F. The molecule has 0 aliphatic heterocycles. The van der Waals surface area contributed by atoms with Crippen molar-refractivity contribution in [2.24, 2.45) is 5.73 Å². The number of rotatable bonds is 4. The lowest BCUT2D eigenvalue weighted by Gasteiger charge is -2.10. The van der Waals surface area contributed by atoms with Gasteiger partial charge in [-0.25, -0.2) is 4.39 Å². The molecule has 88 valence electrons. The molecule has 0 spiro atoms. The van der Waals surface area contributed by atoms with Crippen molar-refractivity contribution in [3.05, 3.63) is 29.3 Å². The number of hydrogen-bond donors (Lipinski definition) is 1. The summed E-state index contributed by atoms with van der Waals surface area (Å²) in [5.41, 5.74) is 5.42. The summed E-state index contributed by atoms with van der Waals surface area (Å²) in [5.74, 6) is -2.16. The highest BCUT2D eigenvalue weighted by molar-refractivity contribution is 5.57. The summed E-state index contributed by atoms with van der Waals surface area (Å²) >= 11 is 0. The Hall–Kier alpha value is -1.62. The van der Waals surface area contributed by atoms with Crippen molar-refractivity contribution < 1.29 is 18.3 Å². The first-order valence-corrected chi connectivity index (χ1v) is 4.62. The molecule has 2 N–H and O–H groups in total. The summed E-state index contributed by atoms with van der Waals surface area (Å²) in [6.45, 7) is 0.265. The molecule has 1 rings (SSSR count). The Kier molecular flexibility index (Phi) is 4.25. The minimum atomic E-state index is -0.854. The summed E-state index contributed by atoms with van der Waals surface area (Å²) < 4.78 is 36.6. The fraction of sp³-hybridized carbons (Fsp3) is 0.273. The van der Waals surface area contributed by atoms with E-state index in [9.17, 15) is 8.78 Å². The minimum Gasteiger partial charge on any atom is -0.494 e. The van der Waals surface area contributed by atoms with Gasteiger partial charge in [0.1, 0.15) is 0 Å². The Morgan fingerprint density at radius 2 is 1.94 bits per heavy atom. The number of methoxy groups -OCH3 is 2. The third-order valence-electron chi connectivity index (χ3n) is 2.01. The molecule has 0 bridgehead atoms. The highest BCUT2D eigenvalue weighted by Gasteiger charge is 2.18. The van der Waals surface area contributed by atoms with Gasteiger partial charge in [-0.2, -0.15) is 4.39 Å². The second-order valence-electron chi connectivity index (χ2n) is 2.97. The Morgan fingerprint density at radius 1 is 1.25 bits per heavy atom. The van der Waals surface area contributed by atoms with E-state index in [1.54, 1.807) is 6.08 Å². The van der Waals surface area contributed by atoms with Crippen LogP contribution in [0.3, 0.4) is 0 Å². The number of ether oxygens (including phenoxy) is 2. The molecular weight excluding hydrogens is 216 g/mol. The predicted molar refractivity (Wildman–Crippen MR) is 57.6 cm³/mol. The van der Waals surface area contributed by atoms with Gasteiger partial charge in [0.25, 0.3) is 0 Å². The zero-order valence-electron chi connectivity index (χ0n) is 9.09. The lowest BCUT2D eigenvalue weighted by atomic mass is 10.1. The molecule has 1 aromatic carbocycles. The molecular formula is C11H13F2NO2. The van der Waals surface area contributed by atoms with Crippen LogP contribution in [0.1, 0.15) is 5.56 Å². The Bertz CT molecular complexity index is 405. The van der Waals surface area contributed by atoms with E-state index in [4.69, 9.17) is 10.5 Å². The zero-order chi connectivity index (χ0) is 12.1. The van der Waals surface area contributed by atoms with Gasteiger partial charge in [0, 0.05) is 12.1 Å². The molecule has 0 amide bonds. The quantitative estimate of drug-likeness (QED) is 0.858. The van der Waals surface area contributed by atoms with Crippen molar-refractivity contribution in [3.8, 4) is 11.5 Å². The number of nitrogens with two attached hydrogens (primary N) is 1. The molecule has 0 aliphatic carbocycles. The summed E-state index contributed by atoms with van der Waals surface area (Å²) in [6, 6.07) is 1.25. The van der Waals surface area contributed by atoms with Crippen LogP contribution in [0.5, 0.6) is 11.5 Å². The molecule has 16 heavy (non-hydrogen) atoms.